The van der Waals surface area contributed by atoms with E-state index in [0.29, 0.717) is 0 Å². The third kappa shape index (κ3) is 24.6. The molecule has 5 aromatic rings. The minimum Gasteiger partial charge on any atom is -0.480 e. The second kappa shape index (κ2) is 33.0. The van der Waals surface area contributed by atoms with Gasteiger partial charge in [0.2, 0.25) is 6.40 Å². The topological polar surface area (TPSA) is 302 Å². The summed E-state index contributed by atoms with van der Waals surface area (Å²) in [7, 11) is 1.30. The van der Waals surface area contributed by atoms with E-state index in [1.807, 2.05) is 80.6 Å². The Kier molecular flexibility index (Phi) is 27.2. The van der Waals surface area contributed by atoms with Gasteiger partial charge in [-0.25, -0.2) is 29.0 Å². The zero-order chi connectivity index (χ0) is 47.5. The van der Waals surface area contributed by atoms with Gasteiger partial charge in [-0.3, -0.25) is 14.5 Å². The number of esters is 1. The SMILES string of the molecule is CC.COOC=N[C@@H](Cn1cccn1)C(=O)O.O=C(N[C@@H](Cn1cccn1)C(=O)O)OCc1ccccc1.O=C(N[C@H]1COC1=O)OCc1ccccc1.OC1CCCO1.c1cn[nH]c1. The van der Waals surface area contributed by atoms with Gasteiger partial charge in [-0.15, -0.1) is 0 Å². The van der Waals surface area contributed by atoms with E-state index in [-0.39, 0.29) is 32.9 Å². The van der Waals surface area contributed by atoms with Gasteiger partial charge in [0.25, 0.3) is 0 Å². The van der Waals surface area contributed by atoms with Gasteiger partial charge in [0, 0.05) is 50.2 Å². The van der Waals surface area contributed by atoms with Crippen LogP contribution in [-0.4, -0.2) is 126 Å². The third-order valence-corrected chi connectivity index (χ3v) is 7.81. The van der Waals surface area contributed by atoms with Gasteiger partial charge in [-0.2, -0.15) is 20.2 Å². The van der Waals surface area contributed by atoms with Crippen LogP contribution in [0, 0.1) is 0 Å². The molecule has 3 aromatic heterocycles. The maximum Gasteiger partial charge on any atom is 0.408 e. The van der Waals surface area contributed by atoms with Crippen molar-refractivity contribution < 1.29 is 68.0 Å². The first-order chi connectivity index (χ1) is 31.5. The molecule has 2 fully saturated rings. The van der Waals surface area contributed by atoms with E-state index >= 15 is 0 Å². The molecule has 0 saturated carbocycles. The molecule has 5 heterocycles. The van der Waals surface area contributed by atoms with Crippen molar-refractivity contribution in [2.45, 2.75) is 77.4 Å². The van der Waals surface area contributed by atoms with E-state index in [9.17, 15) is 24.0 Å². The molecule has 2 amide bonds. The number of aromatic amines is 1. The number of hydrogen-bond donors (Lipinski definition) is 6. The van der Waals surface area contributed by atoms with E-state index in [4.69, 9.17) is 29.5 Å². The standard InChI is InChI=1S/C14H15N3O4.C11H11NO4.C8H11N3O4.C4H8O2.C3H4N2.C2H6/c18-13(19)12(9-17-8-4-7-15-17)16-14(20)21-10-11-5-2-1-3-6-11;13-10-9(7-15-10)12-11(14)16-6-8-4-2-1-3-5-8;1-14-15-6-9-7(8(12)13)5-11-4-2-3-10-11;5-4-2-1-3-6-4;1-2-4-5-3-1;1-2/h1-8,12H,9-10H2,(H,16,20)(H,18,19);1-5,9H,6-7H2,(H,12,14);2-4,6-7H,5H2,1H3,(H,12,13);4-5H,1-3H2;1-3H,(H,4,5);1-2H3/t12-;9-;7-;;;/m000.../s1. The van der Waals surface area contributed by atoms with E-state index < -0.39 is 54.5 Å². The molecule has 0 aliphatic carbocycles. The van der Waals surface area contributed by atoms with Crippen LogP contribution in [0.3, 0.4) is 0 Å². The van der Waals surface area contributed by atoms with Crippen molar-refractivity contribution in [2.75, 3.05) is 20.3 Å². The fraction of sp³-hybridized carbons (Fsp3) is 0.357. The highest BCUT2D eigenvalue weighted by molar-refractivity contribution is 5.85. The van der Waals surface area contributed by atoms with Crippen LogP contribution >= 0.6 is 0 Å². The van der Waals surface area contributed by atoms with E-state index in [1.54, 1.807) is 43.1 Å². The van der Waals surface area contributed by atoms with Crippen molar-refractivity contribution in [3.05, 3.63) is 127 Å². The predicted octanol–water partition coefficient (Wildman–Crippen LogP) is 3.59. The van der Waals surface area contributed by atoms with Gasteiger partial charge in [-0.05, 0) is 35.7 Å². The Balaban J connectivity index is 0.000000297. The molecule has 23 heteroatoms. The number of alkyl carbamates (subject to hydrolysis) is 2. The number of nitrogens with zero attached hydrogens (tertiary/aromatic N) is 6. The number of aliphatic imine (C=N–C) groups is 1. The Morgan fingerprint density at radius 1 is 0.862 bits per heavy atom. The highest BCUT2D eigenvalue weighted by Crippen LogP contribution is 2.07. The minimum atomic E-state index is -1.15. The second-order valence-electron chi connectivity index (χ2n) is 12.5. The second-order valence-corrected chi connectivity index (χ2v) is 12.5. The van der Waals surface area contributed by atoms with E-state index in [2.05, 4.69) is 50.5 Å². The number of benzene rings is 2. The number of cyclic esters (lactones) is 1. The Hall–Kier alpha value is -7.63. The van der Waals surface area contributed by atoms with E-state index in [0.717, 1.165) is 37.0 Å². The van der Waals surface area contributed by atoms with Crippen LogP contribution in [0.5, 0.6) is 0 Å². The fourth-order valence-electron chi connectivity index (χ4n) is 4.62. The zero-order valence-corrected chi connectivity index (χ0v) is 36.0. The van der Waals surface area contributed by atoms with E-state index in [1.165, 1.54) is 22.7 Å². The van der Waals surface area contributed by atoms with Crippen molar-refractivity contribution in [2.24, 2.45) is 4.99 Å². The molecule has 2 aromatic carbocycles. The fourth-order valence-corrected chi connectivity index (χ4v) is 4.62. The molecule has 0 radical (unpaired) electrons. The number of carboxylic acid groups (broad SMARTS) is 2. The number of nitrogens with one attached hydrogen (secondary N) is 3. The number of H-pyrrole nitrogens is 1. The number of carboxylic acids is 2. The molecule has 2 aliphatic rings. The predicted molar refractivity (Wildman–Crippen MR) is 229 cm³/mol. The first-order valence-corrected chi connectivity index (χ1v) is 20.0. The monoisotopic (exact) mass is 909 g/mol. The number of aliphatic hydroxyl groups is 1. The quantitative estimate of drug-likeness (QED) is 0.0218. The van der Waals surface area contributed by atoms with Gasteiger partial charge < -0.3 is 49.8 Å². The highest BCUT2D eigenvalue weighted by atomic mass is 17.2. The lowest BCUT2D eigenvalue weighted by Crippen LogP contribution is -2.52. The number of carbonyl (C=O) groups excluding carboxylic acids is 3. The third-order valence-electron chi connectivity index (χ3n) is 7.81. The number of aromatic nitrogens is 6. The molecular formula is C42H55N9O14. The first-order valence-electron chi connectivity index (χ1n) is 20.0. The first kappa shape index (κ1) is 53.5. The number of hydrogen-bond acceptors (Lipinski definition) is 16. The molecule has 4 atom stereocenters. The summed E-state index contributed by atoms with van der Waals surface area (Å²) in [5, 5.41) is 45.1. The Morgan fingerprint density at radius 2 is 1.46 bits per heavy atom. The van der Waals surface area contributed by atoms with Crippen LogP contribution in [0.15, 0.2) is 121 Å². The molecule has 6 N–H and O–H groups in total. The van der Waals surface area contributed by atoms with Crippen LogP contribution < -0.4 is 10.6 Å². The van der Waals surface area contributed by atoms with Crippen LogP contribution in [0.25, 0.3) is 0 Å². The number of carbonyl (C=O) groups is 5. The molecule has 65 heavy (non-hydrogen) atoms. The van der Waals surface area contributed by atoms with Gasteiger partial charge in [0.05, 0.1) is 20.2 Å². The molecular weight excluding hydrogens is 855 g/mol. The summed E-state index contributed by atoms with van der Waals surface area (Å²) in [4.78, 5) is 67.7. The number of ether oxygens (including phenoxy) is 4. The molecule has 2 saturated heterocycles. The zero-order valence-electron chi connectivity index (χ0n) is 36.0. The van der Waals surface area contributed by atoms with Gasteiger partial charge in [-0.1, -0.05) is 74.5 Å². The molecule has 23 nitrogen and oxygen atoms in total. The smallest absolute Gasteiger partial charge is 0.408 e. The Morgan fingerprint density at radius 3 is 1.85 bits per heavy atom. The number of aliphatic hydroxyl groups excluding tert-OH is 1. The molecule has 2 aliphatic heterocycles. The van der Waals surface area contributed by atoms with Gasteiger partial charge >= 0.3 is 30.1 Å². The lowest BCUT2D eigenvalue weighted by atomic mass is 10.2. The lowest BCUT2D eigenvalue weighted by molar-refractivity contribution is -0.188. The summed E-state index contributed by atoms with van der Waals surface area (Å²) >= 11 is 0. The number of amides is 2. The summed E-state index contributed by atoms with van der Waals surface area (Å²) in [6.45, 7) is 5.41. The van der Waals surface area contributed by atoms with Crippen LogP contribution in [-0.2, 0) is 69.4 Å². The lowest BCUT2D eigenvalue weighted by Gasteiger charge is -2.24. The van der Waals surface area contributed by atoms with Gasteiger partial charge in [0.1, 0.15) is 25.9 Å². The number of aliphatic carboxylic acids is 2. The molecule has 7 rings (SSSR count). The molecule has 1 unspecified atom stereocenters. The van der Waals surface area contributed by atoms with Gasteiger partial charge in [0.15, 0.2) is 18.4 Å². The Bertz CT molecular complexity index is 2000. The van der Waals surface area contributed by atoms with Crippen LogP contribution in [0.4, 0.5) is 9.59 Å². The average molecular weight is 910 g/mol. The van der Waals surface area contributed by atoms with Crippen molar-refractivity contribution in [1.29, 1.82) is 0 Å². The minimum absolute atomic E-state index is 0.0305. The van der Waals surface area contributed by atoms with Crippen molar-refractivity contribution >= 4 is 36.5 Å². The molecule has 0 spiro atoms. The van der Waals surface area contributed by atoms with Crippen molar-refractivity contribution in [3.8, 4) is 0 Å². The maximum atomic E-state index is 11.6. The average Bonchev–Trinajstić information content (AvgIpc) is 4.19. The maximum absolute atomic E-state index is 11.6. The summed E-state index contributed by atoms with van der Waals surface area (Å²) in [5.74, 6) is -2.62. The normalized spacial score (nSPS) is 15.1. The Labute approximate surface area is 374 Å². The number of rotatable bonds is 15. The molecule has 352 valence electrons. The summed E-state index contributed by atoms with van der Waals surface area (Å²) in [6, 6.07) is 21.1. The van der Waals surface area contributed by atoms with Crippen molar-refractivity contribution in [1.82, 2.24) is 40.4 Å². The van der Waals surface area contributed by atoms with Crippen molar-refractivity contribution in [3.63, 3.8) is 0 Å². The summed E-state index contributed by atoms with van der Waals surface area (Å²) in [5.41, 5.74) is 1.72. The summed E-state index contributed by atoms with van der Waals surface area (Å²) < 4.78 is 22.0. The largest absolute Gasteiger partial charge is 0.480 e. The highest BCUT2D eigenvalue weighted by Gasteiger charge is 2.32. The summed E-state index contributed by atoms with van der Waals surface area (Å²) in [6.07, 6.45) is 10.8. The molecule has 0 bridgehead atoms. The van der Waals surface area contributed by atoms with Crippen LogP contribution in [0.1, 0.15) is 37.8 Å². The van der Waals surface area contributed by atoms with Crippen LogP contribution in [0.2, 0.25) is 0 Å².